The lowest BCUT2D eigenvalue weighted by molar-refractivity contribution is 0.0526. The molecule has 2 aromatic rings. The summed E-state index contributed by atoms with van der Waals surface area (Å²) in [5.74, 6) is 0.312. The van der Waals surface area contributed by atoms with E-state index in [9.17, 15) is 4.79 Å². The van der Waals surface area contributed by atoms with E-state index in [-0.39, 0.29) is 5.97 Å². The smallest absolute Gasteiger partial charge is 0.338 e. The topological polar surface area (TPSA) is 80.8 Å². The van der Waals surface area contributed by atoms with Gasteiger partial charge in [0.05, 0.1) is 12.2 Å². The number of tetrazole rings is 1. The van der Waals surface area contributed by atoms with Crippen LogP contribution < -0.4 is 0 Å². The van der Waals surface area contributed by atoms with Crippen molar-refractivity contribution in [2.75, 3.05) is 6.61 Å². The van der Waals surface area contributed by atoms with Crippen LogP contribution in [0.5, 0.6) is 0 Å². The van der Waals surface area contributed by atoms with Crippen molar-refractivity contribution in [2.45, 2.75) is 13.3 Å². The molecule has 17 heavy (non-hydrogen) atoms. The lowest BCUT2D eigenvalue weighted by Gasteiger charge is -2.02. The number of carbonyl (C=O) groups excluding carboxylic acids is 1. The van der Waals surface area contributed by atoms with Gasteiger partial charge in [-0.25, -0.2) is 4.79 Å². The van der Waals surface area contributed by atoms with Gasteiger partial charge >= 0.3 is 5.97 Å². The molecule has 1 aromatic carbocycles. The standard InChI is InChI=1S/C11H12N4O2/c1-2-17-11(16)9-5-3-8(4-6-9)7-10-12-14-15-13-10/h3-6H,2,7H2,1H3,(H,12,13,14,15). The predicted octanol–water partition coefficient (Wildman–Crippen LogP) is 0.967. The normalized spacial score (nSPS) is 10.2. The maximum absolute atomic E-state index is 11.4. The number of rotatable bonds is 4. The van der Waals surface area contributed by atoms with E-state index >= 15 is 0 Å². The largest absolute Gasteiger partial charge is 0.462 e. The Morgan fingerprint density at radius 1 is 1.35 bits per heavy atom. The zero-order valence-electron chi connectivity index (χ0n) is 9.38. The van der Waals surface area contributed by atoms with Crippen molar-refractivity contribution >= 4 is 5.97 Å². The summed E-state index contributed by atoms with van der Waals surface area (Å²) in [6.07, 6.45) is 0.583. The van der Waals surface area contributed by atoms with Gasteiger partial charge in [0.15, 0.2) is 5.82 Å². The number of nitrogens with zero attached hydrogens (tertiary/aromatic N) is 3. The first-order valence-electron chi connectivity index (χ1n) is 5.28. The number of aromatic nitrogens is 4. The van der Waals surface area contributed by atoms with E-state index in [1.165, 1.54) is 0 Å². The second-order valence-corrected chi connectivity index (χ2v) is 3.42. The molecule has 6 nitrogen and oxygen atoms in total. The lowest BCUT2D eigenvalue weighted by Crippen LogP contribution is -2.04. The van der Waals surface area contributed by atoms with Gasteiger partial charge in [-0.3, -0.25) is 0 Å². The third-order valence-electron chi connectivity index (χ3n) is 2.22. The minimum atomic E-state index is -0.307. The molecule has 1 aromatic heterocycles. The highest BCUT2D eigenvalue weighted by Crippen LogP contribution is 2.08. The minimum Gasteiger partial charge on any atom is -0.462 e. The second kappa shape index (κ2) is 5.20. The Balaban J connectivity index is 2.05. The average molecular weight is 232 g/mol. The fourth-order valence-electron chi connectivity index (χ4n) is 1.41. The molecule has 0 aliphatic carbocycles. The van der Waals surface area contributed by atoms with Gasteiger partial charge in [-0.1, -0.05) is 17.3 Å². The Morgan fingerprint density at radius 3 is 2.71 bits per heavy atom. The van der Waals surface area contributed by atoms with Gasteiger partial charge in [-0.15, -0.1) is 10.2 Å². The molecule has 2 rings (SSSR count). The van der Waals surface area contributed by atoms with Crippen molar-refractivity contribution in [2.24, 2.45) is 0 Å². The van der Waals surface area contributed by atoms with Crippen LogP contribution in [-0.2, 0) is 11.2 Å². The summed E-state index contributed by atoms with van der Waals surface area (Å²) < 4.78 is 4.90. The molecule has 0 atom stereocenters. The highest BCUT2D eigenvalue weighted by atomic mass is 16.5. The van der Waals surface area contributed by atoms with Crippen LogP contribution in [0.15, 0.2) is 24.3 Å². The fraction of sp³-hybridized carbons (Fsp3) is 0.273. The van der Waals surface area contributed by atoms with Crippen LogP contribution in [0, 0.1) is 0 Å². The first-order valence-corrected chi connectivity index (χ1v) is 5.28. The van der Waals surface area contributed by atoms with Crippen LogP contribution in [0.2, 0.25) is 0 Å². The summed E-state index contributed by atoms with van der Waals surface area (Å²) in [6, 6.07) is 7.16. The van der Waals surface area contributed by atoms with Crippen molar-refractivity contribution in [3.8, 4) is 0 Å². The first-order chi connectivity index (χ1) is 8.29. The molecule has 0 radical (unpaired) electrons. The lowest BCUT2D eigenvalue weighted by atomic mass is 10.1. The summed E-state index contributed by atoms with van der Waals surface area (Å²) in [7, 11) is 0. The number of H-pyrrole nitrogens is 1. The summed E-state index contributed by atoms with van der Waals surface area (Å²) >= 11 is 0. The number of esters is 1. The van der Waals surface area contributed by atoms with Crippen molar-refractivity contribution in [3.63, 3.8) is 0 Å². The molecular weight excluding hydrogens is 220 g/mol. The average Bonchev–Trinajstić information content (AvgIpc) is 2.83. The number of benzene rings is 1. The molecular formula is C11H12N4O2. The van der Waals surface area contributed by atoms with Crippen LogP contribution in [0.4, 0.5) is 0 Å². The van der Waals surface area contributed by atoms with E-state index in [0.29, 0.717) is 24.4 Å². The van der Waals surface area contributed by atoms with Gasteiger partial charge in [0, 0.05) is 6.42 Å². The van der Waals surface area contributed by atoms with Crippen LogP contribution in [0.1, 0.15) is 28.7 Å². The predicted molar refractivity (Wildman–Crippen MR) is 59.4 cm³/mol. The van der Waals surface area contributed by atoms with Crippen LogP contribution in [0.3, 0.4) is 0 Å². The number of hydrogen-bond acceptors (Lipinski definition) is 5. The third-order valence-corrected chi connectivity index (χ3v) is 2.22. The van der Waals surface area contributed by atoms with Crippen LogP contribution >= 0.6 is 0 Å². The van der Waals surface area contributed by atoms with Crippen molar-refractivity contribution in [1.82, 2.24) is 20.6 Å². The molecule has 0 bridgehead atoms. The Bertz CT molecular complexity index is 479. The maximum Gasteiger partial charge on any atom is 0.338 e. The fourth-order valence-corrected chi connectivity index (χ4v) is 1.41. The molecule has 88 valence electrons. The molecule has 1 heterocycles. The second-order valence-electron chi connectivity index (χ2n) is 3.42. The number of carbonyl (C=O) groups is 1. The quantitative estimate of drug-likeness (QED) is 0.794. The molecule has 0 aliphatic heterocycles. The maximum atomic E-state index is 11.4. The molecule has 0 fully saturated rings. The monoisotopic (exact) mass is 232 g/mol. The summed E-state index contributed by atoms with van der Waals surface area (Å²) in [4.78, 5) is 11.4. The Hall–Kier alpha value is -2.24. The Labute approximate surface area is 98.0 Å². The molecule has 0 amide bonds. The minimum absolute atomic E-state index is 0.307. The van der Waals surface area contributed by atoms with Gasteiger partial charge in [0.1, 0.15) is 0 Å². The van der Waals surface area contributed by atoms with Crippen LogP contribution in [0.25, 0.3) is 0 Å². The van der Waals surface area contributed by atoms with Crippen molar-refractivity contribution < 1.29 is 9.53 Å². The molecule has 6 heteroatoms. The highest BCUT2D eigenvalue weighted by Gasteiger charge is 2.06. The first kappa shape index (κ1) is 11.3. The Kier molecular flexibility index (Phi) is 3.44. The van der Waals surface area contributed by atoms with E-state index < -0.39 is 0 Å². The van der Waals surface area contributed by atoms with Gasteiger partial charge in [0.2, 0.25) is 0 Å². The zero-order chi connectivity index (χ0) is 12.1. The molecule has 0 spiro atoms. The van der Waals surface area contributed by atoms with Gasteiger partial charge < -0.3 is 4.74 Å². The zero-order valence-corrected chi connectivity index (χ0v) is 9.38. The highest BCUT2D eigenvalue weighted by molar-refractivity contribution is 5.89. The van der Waals surface area contributed by atoms with E-state index in [0.717, 1.165) is 5.56 Å². The third kappa shape index (κ3) is 2.87. The van der Waals surface area contributed by atoms with Gasteiger partial charge in [-0.2, -0.15) is 5.21 Å². The molecule has 0 unspecified atom stereocenters. The van der Waals surface area contributed by atoms with Crippen LogP contribution in [-0.4, -0.2) is 33.2 Å². The summed E-state index contributed by atoms with van der Waals surface area (Å²) in [5, 5.41) is 13.6. The van der Waals surface area contributed by atoms with Crippen molar-refractivity contribution in [3.05, 3.63) is 41.2 Å². The number of nitrogens with one attached hydrogen (secondary N) is 1. The van der Waals surface area contributed by atoms with E-state index in [1.54, 1.807) is 19.1 Å². The van der Waals surface area contributed by atoms with E-state index in [1.807, 2.05) is 12.1 Å². The summed E-state index contributed by atoms with van der Waals surface area (Å²) in [5.41, 5.74) is 1.56. The van der Waals surface area contributed by atoms with E-state index in [4.69, 9.17) is 4.74 Å². The number of hydrogen-bond donors (Lipinski definition) is 1. The molecule has 0 saturated carbocycles. The SMILES string of the molecule is CCOC(=O)c1ccc(Cc2nn[nH]n2)cc1. The number of aromatic amines is 1. The molecule has 0 aliphatic rings. The molecule has 0 saturated heterocycles. The van der Waals surface area contributed by atoms with E-state index in [2.05, 4.69) is 20.6 Å². The van der Waals surface area contributed by atoms with Gasteiger partial charge in [0.25, 0.3) is 0 Å². The van der Waals surface area contributed by atoms with Gasteiger partial charge in [-0.05, 0) is 24.6 Å². The van der Waals surface area contributed by atoms with Crippen molar-refractivity contribution in [1.29, 1.82) is 0 Å². The Morgan fingerprint density at radius 2 is 2.12 bits per heavy atom. The number of ether oxygens (including phenoxy) is 1. The summed E-state index contributed by atoms with van der Waals surface area (Å²) in [6.45, 7) is 2.16. The molecule has 1 N–H and O–H groups in total.